The van der Waals surface area contributed by atoms with Crippen molar-refractivity contribution in [2.45, 2.75) is 0 Å². The molecule has 1 fully saturated rings. The number of hydrogen-bond acceptors (Lipinski definition) is 6. The lowest BCUT2D eigenvalue weighted by atomic mass is 10.1. The molecule has 1 saturated heterocycles. The number of morpholine rings is 1. The standard InChI is InChI=1S/C12H15N5O3S/c13-12(21)15-14-8-9-1-2-10(11(7-9)17(18)19)16-3-5-20-6-4-16/h1-2,7-8H,3-6H2,(H3,13,15,21)/b14-8-. The van der Waals surface area contributed by atoms with Crippen molar-refractivity contribution in [1.82, 2.24) is 5.43 Å². The van der Waals surface area contributed by atoms with Gasteiger partial charge >= 0.3 is 0 Å². The third-order valence-electron chi connectivity index (χ3n) is 2.94. The van der Waals surface area contributed by atoms with E-state index in [2.05, 4.69) is 22.7 Å². The van der Waals surface area contributed by atoms with E-state index in [9.17, 15) is 10.1 Å². The average molecular weight is 309 g/mol. The number of nitrogens with one attached hydrogen (secondary N) is 1. The number of nitro groups is 1. The van der Waals surface area contributed by atoms with Crippen LogP contribution in [0.1, 0.15) is 5.56 Å². The van der Waals surface area contributed by atoms with E-state index in [0.717, 1.165) is 0 Å². The summed E-state index contributed by atoms with van der Waals surface area (Å²) in [6, 6.07) is 4.93. The lowest BCUT2D eigenvalue weighted by Crippen LogP contribution is -2.36. The number of hydrazone groups is 1. The van der Waals surface area contributed by atoms with Crippen LogP contribution in [-0.2, 0) is 4.74 Å². The third-order valence-corrected chi connectivity index (χ3v) is 3.03. The molecule has 1 heterocycles. The lowest BCUT2D eigenvalue weighted by molar-refractivity contribution is -0.384. The zero-order valence-corrected chi connectivity index (χ0v) is 12.0. The second-order valence-corrected chi connectivity index (χ2v) is 4.78. The molecule has 0 atom stereocenters. The van der Waals surface area contributed by atoms with E-state index in [1.54, 1.807) is 12.1 Å². The molecule has 8 nitrogen and oxygen atoms in total. The summed E-state index contributed by atoms with van der Waals surface area (Å²) in [5.41, 5.74) is 8.85. The Balaban J connectivity index is 2.24. The zero-order chi connectivity index (χ0) is 15.2. The van der Waals surface area contributed by atoms with Crippen molar-refractivity contribution in [1.29, 1.82) is 0 Å². The summed E-state index contributed by atoms with van der Waals surface area (Å²) in [5, 5.41) is 15.1. The largest absolute Gasteiger partial charge is 0.378 e. The van der Waals surface area contributed by atoms with Crippen molar-refractivity contribution >= 4 is 34.9 Å². The van der Waals surface area contributed by atoms with Crippen LogP contribution in [0.3, 0.4) is 0 Å². The molecule has 3 N–H and O–H groups in total. The summed E-state index contributed by atoms with van der Waals surface area (Å²) in [5.74, 6) is 0. The Hall–Kier alpha value is -2.26. The van der Waals surface area contributed by atoms with Gasteiger partial charge in [-0.25, -0.2) is 0 Å². The molecule has 1 aromatic carbocycles. The summed E-state index contributed by atoms with van der Waals surface area (Å²) >= 11 is 4.61. The van der Waals surface area contributed by atoms with Crippen LogP contribution in [-0.4, -0.2) is 42.6 Å². The fourth-order valence-corrected chi connectivity index (χ4v) is 2.06. The van der Waals surface area contributed by atoms with Gasteiger partial charge in [0.25, 0.3) is 5.69 Å². The smallest absolute Gasteiger partial charge is 0.293 e. The molecule has 0 saturated carbocycles. The number of benzene rings is 1. The number of ether oxygens (including phenoxy) is 1. The summed E-state index contributed by atoms with van der Waals surface area (Å²) < 4.78 is 5.26. The minimum Gasteiger partial charge on any atom is -0.378 e. The SMILES string of the molecule is NC(=S)N/N=C\c1ccc(N2CCOCC2)c([N+](=O)[O-])c1. The predicted molar refractivity (Wildman–Crippen MR) is 83.6 cm³/mol. The first kappa shape index (κ1) is 15.1. The van der Waals surface area contributed by atoms with Gasteiger partial charge in [-0.15, -0.1) is 0 Å². The van der Waals surface area contributed by atoms with Crippen molar-refractivity contribution in [2.75, 3.05) is 31.2 Å². The van der Waals surface area contributed by atoms with Gasteiger partial charge in [0.2, 0.25) is 0 Å². The van der Waals surface area contributed by atoms with Crippen LogP contribution in [0.4, 0.5) is 11.4 Å². The first-order chi connectivity index (χ1) is 10.1. The fraction of sp³-hybridized carbons (Fsp3) is 0.333. The van der Waals surface area contributed by atoms with E-state index in [0.29, 0.717) is 37.6 Å². The maximum Gasteiger partial charge on any atom is 0.293 e. The van der Waals surface area contributed by atoms with Crippen LogP contribution in [0.25, 0.3) is 0 Å². The van der Waals surface area contributed by atoms with E-state index >= 15 is 0 Å². The van der Waals surface area contributed by atoms with Crippen molar-refractivity contribution < 1.29 is 9.66 Å². The first-order valence-electron chi connectivity index (χ1n) is 6.27. The predicted octanol–water partition coefficient (Wildman–Crippen LogP) is 0.598. The first-order valence-corrected chi connectivity index (χ1v) is 6.68. The molecule has 2 rings (SSSR count). The number of nitrogens with zero attached hydrogens (tertiary/aromatic N) is 3. The number of rotatable bonds is 4. The van der Waals surface area contributed by atoms with Crippen LogP contribution in [0.2, 0.25) is 0 Å². The van der Waals surface area contributed by atoms with Crippen LogP contribution in [0, 0.1) is 10.1 Å². The van der Waals surface area contributed by atoms with E-state index in [1.807, 2.05) is 4.90 Å². The number of hydrogen-bond donors (Lipinski definition) is 2. The molecule has 0 bridgehead atoms. The Morgan fingerprint density at radius 3 is 2.86 bits per heavy atom. The molecule has 0 radical (unpaired) electrons. The highest BCUT2D eigenvalue weighted by molar-refractivity contribution is 7.80. The molecule has 112 valence electrons. The van der Waals surface area contributed by atoms with Gasteiger partial charge in [0, 0.05) is 24.7 Å². The molecule has 1 aliphatic rings. The summed E-state index contributed by atoms with van der Waals surface area (Å²) in [4.78, 5) is 12.8. The molecule has 0 amide bonds. The van der Waals surface area contributed by atoms with E-state index < -0.39 is 4.92 Å². The van der Waals surface area contributed by atoms with E-state index in [1.165, 1.54) is 12.3 Å². The third kappa shape index (κ3) is 4.10. The summed E-state index contributed by atoms with van der Waals surface area (Å²) in [6.07, 6.45) is 1.43. The van der Waals surface area contributed by atoms with Gasteiger partial charge in [-0.05, 0) is 18.3 Å². The summed E-state index contributed by atoms with van der Waals surface area (Å²) in [6.45, 7) is 2.41. The van der Waals surface area contributed by atoms with Gasteiger partial charge in [0.05, 0.1) is 24.4 Å². The Labute approximate surface area is 126 Å². The Morgan fingerprint density at radius 2 is 2.24 bits per heavy atom. The molecule has 0 aromatic heterocycles. The quantitative estimate of drug-likeness (QED) is 0.363. The summed E-state index contributed by atoms with van der Waals surface area (Å²) in [7, 11) is 0. The molecule has 0 unspecified atom stereocenters. The van der Waals surface area contributed by atoms with Crippen molar-refractivity contribution in [3.63, 3.8) is 0 Å². The highest BCUT2D eigenvalue weighted by Gasteiger charge is 2.21. The van der Waals surface area contributed by atoms with E-state index in [4.69, 9.17) is 10.5 Å². The monoisotopic (exact) mass is 309 g/mol. The maximum absolute atomic E-state index is 11.2. The Kier molecular flexibility index (Phi) is 5.01. The highest BCUT2D eigenvalue weighted by Crippen LogP contribution is 2.29. The van der Waals surface area contributed by atoms with Gasteiger partial charge in [-0.3, -0.25) is 15.5 Å². The van der Waals surface area contributed by atoms with Gasteiger partial charge in [-0.2, -0.15) is 5.10 Å². The number of thiocarbonyl (C=S) groups is 1. The highest BCUT2D eigenvalue weighted by atomic mass is 32.1. The van der Waals surface area contributed by atoms with E-state index in [-0.39, 0.29) is 10.8 Å². The molecular weight excluding hydrogens is 294 g/mol. The Morgan fingerprint density at radius 1 is 1.52 bits per heavy atom. The average Bonchev–Trinajstić information content (AvgIpc) is 2.47. The molecule has 0 aliphatic carbocycles. The van der Waals surface area contributed by atoms with Gasteiger partial charge in [-0.1, -0.05) is 6.07 Å². The number of anilines is 1. The normalized spacial score (nSPS) is 15.1. The van der Waals surface area contributed by atoms with Crippen molar-refractivity contribution in [3.8, 4) is 0 Å². The van der Waals surface area contributed by atoms with Gasteiger partial charge in [0.1, 0.15) is 5.69 Å². The van der Waals surface area contributed by atoms with Crippen LogP contribution in [0.15, 0.2) is 23.3 Å². The van der Waals surface area contributed by atoms with Crippen molar-refractivity contribution in [3.05, 3.63) is 33.9 Å². The number of nitrogens with two attached hydrogens (primary N) is 1. The zero-order valence-electron chi connectivity index (χ0n) is 11.2. The van der Waals surface area contributed by atoms with Gasteiger partial charge in [0.15, 0.2) is 5.11 Å². The molecule has 21 heavy (non-hydrogen) atoms. The minimum atomic E-state index is -0.400. The maximum atomic E-state index is 11.2. The molecule has 1 aliphatic heterocycles. The van der Waals surface area contributed by atoms with Crippen LogP contribution >= 0.6 is 12.2 Å². The van der Waals surface area contributed by atoms with Crippen LogP contribution in [0.5, 0.6) is 0 Å². The molecule has 9 heteroatoms. The fourth-order valence-electron chi connectivity index (χ4n) is 2.01. The molecule has 1 aromatic rings. The Bertz CT molecular complexity index is 572. The number of nitro benzene ring substituents is 1. The molecule has 0 spiro atoms. The molecular formula is C12H15N5O3S. The lowest BCUT2D eigenvalue weighted by Gasteiger charge is -2.28. The second-order valence-electron chi connectivity index (χ2n) is 4.34. The van der Waals surface area contributed by atoms with Crippen molar-refractivity contribution in [2.24, 2.45) is 10.8 Å². The second kappa shape index (κ2) is 6.95. The van der Waals surface area contributed by atoms with Gasteiger partial charge < -0.3 is 15.4 Å². The minimum absolute atomic E-state index is 0.0330. The van der Waals surface area contributed by atoms with Crippen LogP contribution < -0.4 is 16.1 Å². The topological polar surface area (TPSA) is 106 Å².